The van der Waals surface area contributed by atoms with Gasteiger partial charge in [-0.25, -0.2) is 4.98 Å². The summed E-state index contributed by atoms with van der Waals surface area (Å²) in [5, 5.41) is 10.8. The van der Waals surface area contributed by atoms with Gasteiger partial charge < -0.3 is 5.11 Å². The standard InChI is InChI=1S/C41H28N4O/c46-39-27-42-23-22-36(39)41-44-40-35(15-8-16-38(40)45(41)34-13-5-2-6-14-34)32-11-7-12-33(25-32)37-26-31(21-24-43-37)30-19-17-29(18-20-30)28-9-3-1-4-10-28/h1-27,46H. The third-order valence-corrected chi connectivity index (χ3v) is 8.30. The summed E-state index contributed by atoms with van der Waals surface area (Å²) in [5.41, 5.74) is 12.0. The van der Waals surface area contributed by atoms with Gasteiger partial charge in [-0.3, -0.25) is 14.5 Å². The first-order chi connectivity index (χ1) is 22.7. The molecule has 3 aromatic heterocycles. The van der Waals surface area contributed by atoms with E-state index >= 15 is 0 Å². The maximum atomic E-state index is 10.8. The average Bonchev–Trinajstić information content (AvgIpc) is 3.52. The number of benzene rings is 5. The van der Waals surface area contributed by atoms with Crippen molar-refractivity contribution in [1.82, 2.24) is 19.5 Å². The van der Waals surface area contributed by atoms with Gasteiger partial charge in [-0.05, 0) is 70.3 Å². The fraction of sp³-hybridized carbons (Fsp3) is 0. The Morgan fingerprint density at radius 2 is 1.17 bits per heavy atom. The highest BCUT2D eigenvalue weighted by Crippen LogP contribution is 2.38. The molecule has 0 unspecified atom stereocenters. The molecule has 8 rings (SSSR count). The van der Waals surface area contributed by atoms with Crippen molar-refractivity contribution < 1.29 is 5.11 Å². The molecule has 0 aliphatic rings. The van der Waals surface area contributed by atoms with E-state index in [4.69, 9.17) is 9.97 Å². The van der Waals surface area contributed by atoms with Gasteiger partial charge in [0.05, 0.1) is 28.5 Å². The number of rotatable bonds is 6. The van der Waals surface area contributed by atoms with Gasteiger partial charge >= 0.3 is 0 Å². The highest BCUT2D eigenvalue weighted by Gasteiger charge is 2.19. The number of nitrogens with zero attached hydrogens (tertiary/aromatic N) is 4. The maximum absolute atomic E-state index is 10.8. The minimum atomic E-state index is 0.0826. The highest BCUT2D eigenvalue weighted by molar-refractivity contribution is 5.96. The monoisotopic (exact) mass is 592 g/mol. The van der Waals surface area contributed by atoms with Gasteiger partial charge in [0.25, 0.3) is 0 Å². The Kier molecular flexibility index (Phi) is 6.89. The summed E-state index contributed by atoms with van der Waals surface area (Å²) >= 11 is 0. The highest BCUT2D eigenvalue weighted by atomic mass is 16.3. The second-order valence-corrected chi connectivity index (χ2v) is 11.1. The van der Waals surface area contributed by atoms with Gasteiger partial charge in [-0.1, -0.05) is 103 Å². The van der Waals surface area contributed by atoms with Gasteiger partial charge in [-0.15, -0.1) is 0 Å². The first-order valence-corrected chi connectivity index (χ1v) is 15.2. The van der Waals surface area contributed by atoms with Crippen LogP contribution in [-0.4, -0.2) is 24.6 Å². The molecular formula is C41H28N4O. The molecule has 0 spiro atoms. The normalized spacial score (nSPS) is 11.1. The fourth-order valence-electron chi connectivity index (χ4n) is 6.03. The Balaban J connectivity index is 1.20. The molecule has 5 aromatic carbocycles. The molecule has 3 heterocycles. The van der Waals surface area contributed by atoms with E-state index in [-0.39, 0.29) is 5.75 Å². The zero-order valence-electron chi connectivity index (χ0n) is 24.8. The van der Waals surface area contributed by atoms with Gasteiger partial charge in [0.2, 0.25) is 0 Å². The van der Waals surface area contributed by atoms with Crippen LogP contribution in [0.4, 0.5) is 0 Å². The van der Waals surface area contributed by atoms with Gasteiger partial charge in [0.15, 0.2) is 0 Å². The molecule has 0 saturated heterocycles. The first kappa shape index (κ1) is 27.2. The summed E-state index contributed by atoms with van der Waals surface area (Å²) in [4.78, 5) is 14.0. The number of hydrogen-bond donors (Lipinski definition) is 1. The number of fused-ring (bicyclic) bond motifs is 1. The largest absolute Gasteiger partial charge is 0.506 e. The molecule has 218 valence electrons. The van der Waals surface area contributed by atoms with Crippen LogP contribution in [0, 0.1) is 0 Å². The Bertz CT molecular complexity index is 2310. The van der Waals surface area contributed by atoms with Crippen LogP contribution in [-0.2, 0) is 0 Å². The van der Waals surface area contributed by atoms with Crippen LogP contribution in [0.15, 0.2) is 164 Å². The Morgan fingerprint density at radius 3 is 1.96 bits per heavy atom. The van der Waals surface area contributed by atoms with Crippen molar-refractivity contribution in [2.75, 3.05) is 0 Å². The van der Waals surface area contributed by atoms with E-state index in [9.17, 15) is 5.11 Å². The van der Waals surface area contributed by atoms with Crippen molar-refractivity contribution in [2.45, 2.75) is 0 Å². The van der Waals surface area contributed by atoms with E-state index in [0.717, 1.165) is 50.2 Å². The zero-order valence-corrected chi connectivity index (χ0v) is 24.8. The number of pyridine rings is 2. The van der Waals surface area contributed by atoms with Gasteiger partial charge in [-0.2, -0.15) is 0 Å². The molecule has 46 heavy (non-hydrogen) atoms. The third kappa shape index (κ3) is 5.00. The van der Waals surface area contributed by atoms with Crippen LogP contribution in [0.25, 0.3) is 72.7 Å². The summed E-state index contributed by atoms with van der Waals surface area (Å²) in [6.45, 7) is 0. The van der Waals surface area contributed by atoms with E-state index in [1.165, 1.54) is 17.3 Å². The topological polar surface area (TPSA) is 63.8 Å². The van der Waals surface area contributed by atoms with E-state index in [2.05, 4.69) is 113 Å². The lowest BCUT2D eigenvalue weighted by Crippen LogP contribution is -1.97. The predicted octanol–water partition coefficient (Wildman–Crippen LogP) is 9.86. The molecule has 5 heteroatoms. The summed E-state index contributed by atoms with van der Waals surface area (Å²) in [7, 11) is 0. The third-order valence-electron chi connectivity index (χ3n) is 8.30. The molecule has 0 radical (unpaired) electrons. The molecule has 0 bridgehead atoms. The number of imidazole rings is 1. The quantitative estimate of drug-likeness (QED) is 0.209. The molecular weight excluding hydrogens is 564 g/mol. The second-order valence-electron chi connectivity index (χ2n) is 11.1. The van der Waals surface area contributed by atoms with Crippen LogP contribution in [0.1, 0.15) is 0 Å². The lowest BCUT2D eigenvalue weighted by molar-refractivity contribution is 0.474. The van der Waals surface area contributed by atoms with E-state index in [0.29, 0.717) is 11.4 Å². The molecule has 1 N–H and O–H groups in total. The molecule has 0 saturated carbocycles. The molecule has 0 amide bonds. The Hall–Kier alpha value is -6.33. The van der Waals surface area contributed by atoms with Crippen LogP contribution in [0.5, 0.6) is 5.75 Å². The smallest absolute Gasteiger partial charge is 0.149 e. The lowest BCUT2D eigenvalue weighted by Gasteiger charge is -2.11. The van der Waals surface area contributed by atoms with Crippen LogP contribution in [0.3, 0.4) is 0 Å². The minimum Gasteiger partial charge on any atom is -0.506 e. The summed E-state index contributed by atoms with van der Waals surface area (Å²) < 4.78 is 2.09. The van der Waals surface area contributed by atoms with Crippen LogP contribution < -0.4 is 0 Å². The van der Waals surface area contributed by atoms with Crippen molar-refractivity contribution in [1.29, 1.82) is 0 Å². The first-order valence-electron chi connectivity index (χ1n) is 15.2. The van der Waals surface area contributed by atoms with Gasteiger partial charge in [0, 0.05) is 29.2 Å². The lowest BCUT2D eigenvalue weighted by atomic mass is 9.98. The van der Waals surface area contributed by atoms with E-state index in [1.807, 2.05) is 42.6 Å². The number of hydrogen-bond acceptors (Lipinski definition) is 4. The van der Waals surface area contributed by atoms with E-state index in [1.54, 1.807) is 12.3 Å². The van der Waals surface area contributed by atoms with Crippen LogP contribution >= 0.6 is 0 Å². The summed E-state index contributed by atoms with van der Waals surface area (Å²) in [6.07, 6.45) is 5.00. The zero-order chi connectivity index (χ0) is 30.9. The molecule has 5 nitrogen and oxygen atoms in total. The van der Waals surface area contributed by atoms with Crippen molar-refractivity contribution in [2.24, 2.45) is 0 Å². The maximum Gasteiger partial charge on any atom is 0.149 e. The van der Waals surface area contributed by atoms with Crippen molar-refractivity contribution in [3.8, 4) is 67.5 Å². The Morgan fingerprint density at radius 1 is 0.500 bits per heavy atom. The van der Waals surface area contributed by atoms with Crippen molar-refractivity contribution in [3.05, 3.63) is 164 Å². The molecule has 0 atom stereocenters. The fourth-order valence-corrected chi connectivity index (χ4v) is 6.03. The average molecular weight is 593 g/mol. The minimum absolute atomic E-state index is 0.0826. The number of para-hydroxylation sites is 2. The number of aromatic nitrogens is 4. The van der Waals surface area contributed by atoms with Gasteiger partial charge in [0.1, 0.15) is 11.6 Å². The molecule has 0 fully saturated rings. The molecule has 0 aliphatic heterocycles. The predicted molar refractivity (Wildman–Crippen MR) is 186 cm³/mol. The van der Waals surface area contributed by atoms with Crippen molar-refractivity contribution >= 4 is 11.0 Å². The Labute approximate surface area is 266 Å². The van der Waals surface area contributed by atoms with E-state index < -0.39 is 0 Å². The van der Waals surface area contributed by atoms with Crippen LogP contribution in [0.2, 0.25) is 0 Å². The molecule has 0 aliphatic carbocycles. The molecule has 8 aromatic rings. The second kappa shape index (κ2) is 11.6. The summed E-state index contributed by atoms with van der Waals surface area (Å²) in [5.74, 6) is 0.733. The number of aromatic hydroxyl groups is 1. The summed E-state index contributed by atoms with van der Waals surface area (Å²) in [6, 6.07) is 49.8. The van der Waals surface area contributed by atoms with Crippen molar-refractivity contribution in [3.63, 3.8) is 0 Å². The SMILES string of the molecule is Oc1cnccc1-c1nc2c(-c3cccc(-c4cc(-c5ccc(-c6ccccc6)cc5)ccn4)c3)cccc2n1-c1ccccc1.